The minimum atomic E-state index is -3.34. The summed E-state index contributed by atoms with van der Waals surface area (Å²) >= 11 is 0. The molecule has 3 aliphatic rings. The average Bonchev–Trinajstić information content (AvgIpc) is 2.81. The van der Waals surface area contributed by atoms with Crippen molar-refractivity contribution in [2.45, 2.75) is 31.1 Å². The first kappa shape index (κ1) is 10.9. The van der Waals surface area contributed by atoms with Gasteiger partial charge in [-0.25, -0.2) is 0 Å². The maximum absolute atomic E-state index is 11.9. The predicted molar refractivity (Wildman–Crippen MR) is 55.9 cm³/mol. The third-order valence-corrected chi connectivity index (χ3v) is 4.83. The van der Waals surface area contributed by atoms with Gasteiger partial charge in [-0.15, -0.1) is 0 Å². The van der Waals surface area contributed by atoms with E-state index in [4.69, 9.17) is 9.47 Å². The summed E-state index contributed by atoms with van der Waals surface area (Å²) < 4.78 is 38.9. The van der Waals surface area contributed by atoms with Crippen LogP contribution in [0.4, 0.5) is 0 Å². The quantitative estimate of drug-likeness (QED) is 0.726. The van der Waals surface area contributed by atoms with Crippen molar-refractivity contribution in [2.24, 2.45) is 0 Å². The Morgan fingerprint density at radius 2 is 1.94 bits per heavy atom. The molecule has 3 rings (SSSR count). The first-order valence-corrected chi connectivity index (χ1v) is 7.09. The Morgan fingerprint density at radius 3 is 2.56 bits per heavy atom. The standard InChI is InChI=1S/C9H16N2O4S/c12-16(13,10-8-1-2-8)11-4-3-9(7-11)14-5-6-15-9/h8,10H,1-7H2. The fraction of sp³-hybridized carbons (Fsp3) is 1.00. The van der Waals surface area contributed by atoms with Crippen molar-refractivity contribution < 1.29 is 17.9 Å². The van der Waals surface area contributed by atoms with E-state index in [9.17, 15) is 8.42 Å². The van der Waals surface area contributed by atoms with Crippen molar-refractivity contribution in [2.75, 3.05) is 26.3 Å². The molecule has 2 heterocycles. The molecule has 0 radical (unpaired) electrons. The van der Waals surface area contributed by atoms with Gasteiger partial charge >= 0.3 is 0 Å². The van der Waals surface area contributed by atoms with Gasteiger partial charge < -0.3 is 9.47 Å². The van der Waals surface area contributed by atoms with Crippen LogP contribution in [0.2, 0.25) is 0 Å². The van der Waals surface area contributed by atoms with Crippen LogP contribution >= 0.6 is 0 Å². The van der Waals surface area contributed by atoms with E-state index in [1.54, 1.807) is 0 Å². The molecule has 0 unspecified atom stereocenters. The minimum absolute atomic E-state index is 0.145. The molecule has 0 aromatic heterocycles. The monoisotopic (exact) mass is 248 g/mol. The van der Waals surface area contributed by atoms with Crippen LogP contribution in [0, 0.1) is 0 Å². The predicted octanol–water partition coefficient (Wildman–Crippen LogP) is -0.568. The lowest BCUT2D eigenvalue weighted by Crippen LogP contribution is -2.43. The number of hydrogen-bond donors (Lipinski definition) is 1. The van der Waals surface area contributed by atoms with E-state index in [1.165, 1.54) is 4.31 Å². The Balaban J connectivity index is 1.67. The number of nitrogens with zero attached hydrogens (tertiary/aromatic N) is 1. The first-order chi connectivity index (χ1) is 7.60. The molecule has 3 fully saturated rings. The molecule has 6 nitrogen and oxygen atoms in total. The van der Waals surface area contributed by atoms with Gasteiger partial charge in [0.05, 0.1) is 19.8 Å². The second-order valence-electron chi connectivity index (χ2n) is 4.59. The highest BCUT2D eigenvalue weighted by molar-refractivity contribution is 7.87. The number of ether oxygens (including phenoxy) is 2. The average molecular weight is 248 g/mol. The summed E-state index contributed by atoms with van der Waals surface area (Å²) in [5, 5.41) is 0. The van der Waals surface area contributed by atoms with E-state index in [0.29, 0.717) is 32.7 Å². The molecule has 0 amide bonds. The van der Waals surface area contributed by atoms with Crippen LogP contribution in [0.3, 0.4) is 0 Å². The van der Waals surface area contributed by atoms with Gasteiger partial charge in [0.2, 0.25) is 0 Å². The third kappa shape index (κ3) is 1.98. The van der Waals surface area contributed by atoms with Gasteiger partial charge in [0.25, 0.3) is 10.2 Å². The maximum Gasteiger partial charge on any atom is 0.279 e. The van der Waals surface area contributed by atoms with E-state index in [1.807, 2.05) is 0 Å². The van der Waals surface area contributed by atoms with E-state index >= 15 is 0 Å². The second-order valence-corrected chi connectivity index (χ2v) is 6.29. The molecule has 1 N–H and O–H groups in total. The lowest BCUT2D eigenvalue weighted by atomic mass is 10.2. The van der Waals surface area contributed by atoms with Crippen LogP contribution < -0.4 is 4.72 Å². The van der Waals surface area contributed by atoms with Crippen LogP contribution in [0.25, 0.3) is 0 Å². The van der Waals surface area contributed by atoms with Crippen molar-refractivity contribution in [3.8, 4) is 0 Å². The molecule has 1 saturated carbocycles. The summed E-state index contributed by atoms with van der Waals surface area (Å²) in [6.07, 6.45) is 2.52. The molecular weight excluding hydrogens is 232 g/mol. The molecule has 7 heteroatoms. The van der Waals surface area contributed by atoms with Crippen LogP contribution in [0.5, 0.6) is 0 Å². The Bertz CT molecular complexity index is 373. The molecule has 2 aliphatic heterocycles. The fourth-order valence-electron chi connectivity index (χ4n) is 2.15. The van der Waals surface area contributed by atoms with Gasteiger partial charge in [0, 0.05) is 19.0 Å². The van der Waals surface area contributed by atoms with Crippen LogP contribution in [0.15, 0.2) is 0 Å². The minimum Gasteiger partial charge on any atom is -0.346 e. The number of hydrogen-bond acceptors (Lipinski definition) is 4. The van der Waals surface area contributed by atoms with Gasteiger partial charge in [-0.2, -0.15) is 17.4 Å². The van der Waals surface area contributed by atoms with Gasteiger partial charge in [0.1, 0.15) is 0 Å². The van der Waals surface area contributed by atoms with Crippen molar-refractivity contribution in [3.63, 3.8) is 0 Å². The molecule has 0 bridgehead atoms. The highest BCUT2D eigenvalue weighted by atomic mass is 32.2. The maximum atomic E-state index is 11.9. The summed E-state index contributed by atoms with van der Waals surface area (Å²) in [5.41, 5.74) is 0. The lowest BCUT2D eigenvalue weighted by molar-refractivity contribution is -0.142. The SMILES string of the molecule is O=S(=O)(NC1CC1)N1CCC2(C1)OCCO2. The van der Waals surface area contributed by atoms with Crippen molar-refractivity contribution >= 4 is 10.2 Å². The molecule has 2 saturated heterocycles. The van der Waals surface area contributed by atoms with Gasteiger partial charge in [-0.3, -0.25) is 0 Å². The molecule has 16 heavy (non-hydrogen) atoms. The van der Waals surface area contributed by atoms with E-state index in [2.05, 4.69) is 4.72 Å². The summed E-state index contributed by atoms with van der Waals surface area (Å²) in [6, 6.07) is 0.145. The largest absolute Gasteiger partial charge is 0.346 e. The Kier molecular flexibility index (Phi) is 2.48. The van der Waals surface area contributed by atoms with E-state index in [0.717, 1.165) is 12.8 Å². The first-order valence-electron chi connectivity index (χ1n) is 5.65. The molecule has 92 valence electrons. The normalized spacial score (nSPS) is 30.2. The number of rotatable bonds is 3. The van der Waals surface area contributed by atoms with Crippen molar-refractivity contribution in [1.82, 2.24) is 9.03 Å². The zero-order valence-corrected chi connectivity index (χ0v) is 9.83. The van der Waals surface area contributed by atoms with Gasteiger partial charge in [-0.05, 0) is 12.8 Å². The van der Waals surface area contributed by atoms with Crippen molar-refractivity contribution in [1.29, 1.82) is 0 Å². The lowest BCUT2D eigenvalue weighted by Gasteiger charge is -2.22. The molecule has 0 aromatic carbocycles. The molecule has 0 aromatic rings. The Labute approximate surface area is 95.1 Å². The zero-order chi connectivity index (χ0) is 11.2. The van der Waals surface area contributed by atoms with E-state index in [-0.39, 0.29) is 6.04 Å². The van der Waals surface area contributed by atoms with Gasteiger partial charge in [0.15, 0.2) is 5.79 Å². The van der Waals surface area contributed by atoms with Crippen LogP contribution in [-0.2, 0) is 19.7 Å². The van der Waals surface area contributed by atoms with Gasteiger partial charge in [-0.1, -0.05) is 0 Å². The molecular formula is C9H16N2O4S. The number of nitrogens with one attached hydrogen (secondary N) is 1. The smallest absolute Gasteiger partial charge is 0.279 e. The Morgan fingerprint density at radius 1 is 1.25 bits per heavy atom. The van der Waals surface area contributed by atoms with Crippen LogP contribution in [-0.4, -0.2) is 50.9 Å². The molecule has 1 aliphatic carbocycles. The summed E-state index contributed by atoms with van der Waals surface area (Å²) in [5.74, 6) is -0.668. The Hall–Kier alpha value is -0.210. The summed E-state index contributed by atoms with van der Waals surface area (Å²) in [4.78, 5) is 0. The highest BCUT2D eigenvalue weighted by Crippen LogP contribution is 2.32. The van der Waals surface area contributed by atoms with Crippen LogP contribution in [0.1, 0.15) is 19.3 Å². The van der Waals surface area contributed by atoms with Crippen molar-refractivity contribution in [3.05, 3.63) is 0 Å². The molecule has 1 spiro atoms. The topological polar surface area (TPSA) is 67.9 Å². The summed E-state index contributed by atoms with van der Waals surface area (Å²) in [7, 11) is -3.34. The second kappa shape index (κ2) is 3.64. The summed E-state index contributed by atoms with van der Waals surface area (Å²) in [6.45, 7) is 1.91. The third-order valence-electron chi connectivity index (χ3n) is 3.21. The highest BCUT2D eigenvalue weighted by Gasteiger charge is 2.47. The fourth-order valence-corrected chi connectivity index (χ4v) is 3.65. The van der Waals surface area contributed by atoms with E-state index < -0.39 is 16.0 Å². The molecule has 0 atom stereocenters. The zero-order valence-electron chi connectivity index (χ0n) is 9.02.